The van der Waals surface area contributed by atoms with Crippen molar-refractivity contribution in [3.8, 4) is 10.6 Å². The number of hydrogen-bond donors (Lipinski definition) is 1. The number of carbonyl (C=O) groups is 1. The van der Waals surface area contributed by atoms with Gasteiger partial charge in [-0.05, 0) is 23.9 Å². The minimum atomic E-state index is -0.778. The molecule has 2 aromatic rings. The number of aryl methyl sites for hydroxylation is 1. The maximum atomic E-state index is 10.4. The molecule has 17 heavy (non-hydrogen) atoms. The number of aromatic nitrogens is 2. The lowest BCUT2D eigenvalue weighted by molar-refractivity contribution is -0.137. The maximum absolute atomic E-state index is 10.4. The zero-order valence-corrected chi connectivity index (χ0v) is 9.98. The first-order chi connectivity index (χ1) is 8.25. The minimum absolute atomic E-state index is 0.159. The van der Waals surface area contributed by atoms with Crippen LogP contribution >= 0.6 is 11.3 Å². The van der Waals surface area contributed by atoms with Crippen molar-refractivity contribution in [3.63, 3.8) is 0 Å². The molecule has 2 heterocycles. The van der Waals surface area contributed by atoms with E-state index in [-0.39, 0.29) is 6.42 Å². The van der Waals surface area contributed by atoms with Crippen molar-refractivity contribution in [1.29, 1.82) is 0 Å². The molecule has 0 aliphatic rings. The highest BCUT2D eigenvalue weighted by atomic mass is 32.1. The van der Waals surface area contributed by atoms with Gasteiger partial charge in [-0.3, -0.25) is 4.79 Å². The van der Waals surface area contributed by atoms with E-state index >= 15 is 0 Å². The molecule has 4 nitrogen and oxygen atoms in total. The van der Waals surface area contributed by atoms with E-state index in [9.17, 15) is 4.79 Å². The molecule has 0 amide bonds. The molecule has 0 fully saturated rings. The molecule has 5 heteroatoms. The van der Waals surface area contributed by atoms with Gasteiger partial charge in [-0.2, -0.15) is 0 Å². The van der Waals surface area contributed by atoms with Gasteiger partial charge in [0.05, 0.1) is 10.6 Å². The van der Waals surface area contributed by atoms with E-state index in [1.807, 2.05) is 23.6 Å². The largest absolute Gasteiger partial charge is 0.481 e. The van der Waals surface area contributed by atoms with Gasteiger partial charge in [0, 0.05) is 19.0 Å². The van der Waals surface area contributed by atoms with Gasteiger partial charge in [-0.1, -0.05) is 6.07 Å². The standard InChI is InChI=1S/C12H12N2O2S/c15-12(16)5-1-4-11-13-7-6-9(14-11)10-3-2-8-17-10/h2-3,6-8H,1,4-5H2,(H,15,16). The van der Waals surface area contributed by atoms with Gasteiger partial charge in [-0.25, -0.2) is 9.97 Å². The predicted molar refractivity (Wildman–Crippen MR) is 65.9 cm³/mol. The topological polar surface area (TPSA) is 63.1 Å². The van der Waals surface area contributed by atoms with Gasteiger partial charge in [0.1, 0.15) is 5.82 Å². The zero-order valence-electron chi connectivity index (χ0n) is 9.17. The molecular weight excluding hydrogens is 236 g/mol. The summed E-state index contributed by atoms with van der Waals surface area (Å²) in [6.07, 6.45) is 3.06. The van der Waals surface area contributed by atoms with E-state index in [1.165, 1.54) is 0 Å². The normalized spacial score (nSPS) is 10.4. The average Bonchev–Trinajstić information content (AvgIpc) is 2.82. The van der Waals surface area contributed by atoms with Crippen molar-refractivity contribution in [2.45, 2.75) is 19.3 Å². The Balaban J connectivity index is 2.04. The Labute approximate surface area is 103 Å². The second kappa shape index (κ2) is 5.54. The molecule has 0 unspecified atom stereocenters. The first kappa shape index (κ1) is 11.7. The lowest BCUT2D eigenvalue weighted by Gasteiger charge is -2.01. The molecule has 0 aliphatic heterocycles. The quantitative estimate of drug-likeness (QED) is 0.883. The number of thiophene rings is 1. The number of nitrogens with zero attached hydrogens (tertiary/aromatic N) is 2. The number of aliphatic carboxylic acids is 1. The summed E-state index contributed by atoms with van der Waals surface area (Å²) in [6.45, 7) is 0. The molecule has 0 radical (unpaired) electrons. The fourth-order valence-corrected chi connectivity index (χ4v) is 2.17. The molecule has 0 aliphatic carbocycles. The van der Waals surface area contributed by atoms with Gasteiger partial charge in [0.15, 0.2) is 0 Å². The van der Waals surface area contributed by atoms with E-state index < -0.39 is 5.97 Å². The number of hydrogen-bond acceptors (Lipinski definition) is 4. The van der Waals surface area contributed by atoms with Crippen LogP contribution in [-0.4, -0.2) is 21.0 Å². The second-order valence-electron chi connectivity index (χ2n) is 3.58. The van der Waals surface area contributed by atoms with Crippen LogP contribution in [0.2, 0.25) is 0 Å². The van der Waals surface area contributed by atoms with Crippen molar-refractivity contribution in [3.05, 3.63) is 35.6 Å². The van der Waals surface area contributed by atoms with Crippen LogP contribution in [0, 0.1) is 0 Å². The van der Waals surface area contributed by atoms with Crippen LogP contribution < -0.4 is 0 Å². The molecule has 2 aromatic heterocycles. The van der Waals surface area contributed by atoms with Crippen molar-refractivity contribution in [2.75, 3.05) is 0 Å². The van der Waals surface area contributed by atoms with E-state index in [0.717, 1.165) is 10.6 Å². The Morgan fingerprint density at radius 3 is 3.00 bits per heavy atom. The zero-order chi connectivity index (χ0) is 12.1. The summed E-state index contributed by atoms with van der Waals surface area (Å²) in [4.78, 5) is 20.1. The molecule has 0 atom stereocenters. The van der Waals surface area contributed by atoms with Gasteiger partial charge in [0.25, 0.3) is 0 Å². The molecule has 0 aromatic carbocycles. The van der Waals surface area contributed by atoms with Gasteiger partial charge >= 0.3 is 5.97 Å². The maximum Gasteiger partial charge on any atom is 0.303 e. The number of rotatable bonds is 5. The number of carboxylic acids is 1. The second-order valence-corrected chi connectivity index (χ2v) is 4.53. The van der Waals surface area contributed by atoms with E-state index in [4.69, 9.17) is 5.11 Å². The van der Waals surface area contributed by atoms with Crippen LogP contribution in [0.3, 0.4) is 0 Å². The Hall–Kier alpha value is -1.75. The molecule has 0 spiro atoms. The summed E-state index contributed by atoms with van der Waals surface area (Å²) in [6, 6.07) is 5.85. The summed E-state index contributed by atoms with van der Waals surface area (Å²) < 4.78 is 0. The molecule has 0 saturated heterocycles. The highest BCUT2D eigenvalue weighted by Crippen LogP contribution is 2.22. The molecule has 1 N–H and O–H groups in total. The Morgan fingerprint density at radius 1 is 1.41 bits per heavy atom. The van der Waals surface area contributed by atoms with Gasteiger partial charge in [0.2, 0.25) is 0 Å². The van der Waals surface area contributed by atoms with Crippen molar-refractivity contribution in [1.82, 2.24) is 9.97 Å². The Kier molecular flexibility index (Phi) is 3.82. The third-order valence-electron chi connectivity index (χ3n) is 2.27. The van der Waals surface area contributed by atoms with Crippen LogP contribution in [-0.2, 0) is 11.2 Å². The monoisotopic (exact) mass is 248 g/mol. The summed E-state index contributed by atoms with van der Waals surface area (Å²) >= 11 is 1.63. The third kappa shape index (κ3) is 3.35. The highest BCUT2D eigenvalue weighted by Gasteiger charge is 2.04. The summed E-state index contributed by atoms with van der Waals surface area (Å²) in [5.74, 6) is -0.0726. The van der Waals surface area contributed by atoms with Crippen LogP contribution in [0.15, 0.2) is 29.8 Å². The average molecular weight is 248 g/mol. The first-order valence-corrected chi connectivity index (χ1v) is 6.21. The van der Waals surface area contributed by atoms with E-state index in [1.54, 1.807) is 17.5 Å². The smallest absolute Gasteiger partial charge is 0.303 e. The molecule has 88 valence electrons. The SMILES string of the molecule is O=C(O)CCCc1nccc(-c2cccs2)n1. The predicted octanol–water partition coefficient (Wildman–Crippen LogP) is 2.61. The molecule has 0 bridgehead atoms. The lowest BCUT2D eigenvalue weighted by atomic mass is 10.2. The van der Waals surface area contributed by atoms with Gasteiger partial charge < -0.3 is 5.11 Å². The van der Waals surface area contributed by atoms with Crippen LogP contribution in [0.5, 0.6) is 0 Å². The Morgan fingerprint density at radius 2 is 2.29 bits per heavy atom. The molecular formula is C12H12N2O2S. The van der Waals surface area contributed by atoms with E-state index in [2.05, 4.69) is 9.97 Å². The van der Waals surface area contributed by atoms with E-state index in [0.29, 0.717) is 18.7 Å². The minimum Gasteiger partial charge on any atom is -0.481 e. The summed E-state index contributed by atoms with van der Waals surface area (Å²) in [5.41, 5.74) is 0.903. The van der Waals surface area contributed by atoms with Gasteiger partial charge in [-0.15, -0.1) is 11.3 Å². The van der Waals surface area contributed by atoms with Crippen molar-refractivity contribution < 1.29 is 9.90 Å². The Bertz CT molecular complexity index is 497. The van der Waals surface area contributed by atoms with Crippen LogP contribution in [0.25, 0.3) is 10.6 Å². The fraction of sp³-hybridized carbons (Fsp3) is 0.250. The summed E-state index contributed by atoms with van der Waals surface area (Å²) in [5, 5.41) is 10.6. The van der Waals surface area contributed by atoms with Crippen LogP contribution in [0.1, 0.15) is 18.7 Å². The van der Waals surface area contributed by atoms with Crippen molar-refractivity contribution >= 4 is 17.3 Å². The summed E-state index contributed by atoms with van der Waals surface area (Å²) in [7, 11) is 0. The fourth-order valence-electron chi connectivity index (χ4n) is 1.48. The van der Waals surface area contributed by atoms with Crippen LogP contribution in [0.4, 0.5) is 0 Å². The lowest BCUT2D eigenvalue weighted by Crippen LogP contribution is -1.99. The highest BCUT2D eigenvalue weighted by molar-refractivity contribution is 7.13. The molecule has 2 rings (SSSR count). The third-order valence-corrected chi connectivity index (χ3v) is 3.16. The number of carboxylic acid groups (broad SMARTS) is 1. The first-order valence-electron chi connectivity index (χ1n) is 5.33. The molecule has 0 saturated carbocycles. The van der Waals surface area contributed by atoms with Crippen molar-refractivity contribution in [2.24, 2.45) is 0 Å².